The number of aliphatic hydroxyl groups is 1. The lowest BCUT2D eigenvalue weighted by Crippen LogP contribution is -2.27. The Morgan fingerprint density at radius 3 is 2.60 bits per heavy atom. The predicted octanol–water partition coefficient (Wildman–Crippen LogP) is 1.19. The molecule has 0 amide bonds. The quantitative estimate of drug-likeness (QED) is 0.872. The van der Waals surface area contributed by atoms with Crippen LogP contribution in [0.25, 0.3) is 0 Å². The Morgan fingerprint density at radius 1 is 1.53 bits per heavy atom. The summed E-state index contributed by atoms with van der Waals surface area (Å²) in [5, 5.41) is 10.8. The van der Waals surface area contributed by atoms with Crippen LogP contribution < -0.4 is 0 Å². The summed E-state index contributed by atoms with van der Waals surface area (Å²) in [6.07, 6.45) is 0. The Kier molecular flexibility index (Phi) is 3.88. The van der Waals surface area contributed by atoms with Crippen LogP contribution in [0.3, 0.4) is 0 Å². The molecule has 0 radical (unpaired) electrons. The van der Waals surface area contributed by atoms with Gasteiger partial charge in [0.05, 0.1) is 11.5 Å². The van der Waals surface area contributed by atoms with Crippen molar-refractivity contribution in [1.29, 1.82) is 0 Å². The van der Waals surface area contributed by atoms with Crippen LogP contribution in [0.4, 0.5) is 0 Å². The Hall–Kier alpha value is -0.430. The summed E-state index contributed by atoms with van der Waals surface area (Å²) in [7, 11) is -1.90. The molecule has 6 heteroatoms. The van der Waals surface area contributed by atoms with Crippen LogP contribution >= 0.6 is 11.3 Å². The van der Waals surface area contributed by atoms with Crippen molar-refractivity contribution in [3.8, 4) is 0 Å². The zero-order valence-corrected chi connectivity index (χ0v) is 10.7. The van der Waals surface area contributed by atoms with Crippen LogP contribution in [-0.2, 0) is 16.6 Å². The number of nitrogens with zero attached hydrogens (tertiary/aromatic N) is 1. The molecule has 1 aromatic rings. The third kappa shape index (κ3) is 2.23. The highest BCUT2D eigenvalue weighted by Gasteiger charge is 2.25. The van der Waals surface area contributed by atoms with E-state index in [1.54, 1.807) is 19.2 Å². The van der Waals surface area contributed by atoms with Crippen molar-refractivity contribution in [3.63, 3.8) is 0 Å². The van der Waals surface area contributed by atoms with E-state index in [0.29, 0.717) is 17.0 Å². The van der Waals surface area contributed by atoms with E-state index in [4.69, 9.17) is 5.11 Å². The van der Waals surface area contributed by atoms with Crippen LogP contribution in [0, 0.1) is 6.92 Å². The van der Waals surface area contributed by atoms with Gasteiger partial charge in [0.2, 0.25) is 10.0 Å². The summed E-state index contributed by atoms with van der Waals surface area (Å²) >= 11 is 1.28. The van der Waals surface area contributed by atoms with Crippen molar-refractivity contribution in [3.05, 3.63) is 15.8 Å². The largest absolute Gasteiger partial charge is 0.391 e. The van der Waals surface area contributed by atoms with E-state index in [1.165, 1.54) is 22.7 Å². The summed E-state index contributed by atoms with van der Waals surface area (Å²) in [5.74, 6) is 0. The third-order valence-electron chi connectivity index (χ3n) is 2.25. The van der Waals surface area contributed by atoms with Crippen molar-refractivity contribution < 1.29 is 13.5 Å². The highest BCUT2D eigenvalue weighted by molar-refractivity contribution is 7.89. The Labute approximate surface area is 94.2 Å². The average Bonchev–Trinajstić information content (AvgIpc) is 2.58. The number of aryl methyl sites for hydroxylation is 1. The van der Waals surface area contributed by atoms with Crippen molar-refractivity contribution in [2.45, 2.75) is 25.3 Å². The van der Waals surface area contributed by atoms with E-state index in [1.807, 2.05) is 0 Å². The van der Waals surface area contributed by atoms with Crippen molar-refractivity contribution in [2.75, 3.05) is 13.6 Å². The molecule has 1 heterocycles. The molecule has 0 aliphatic rings. The molecule has 0 aliphatic heterocycles. The van der Waals surface area contributed by atoms with Crippen molar-refractivity contribution in [2.24, 2.45) is 0 Å². The fourth-order valence-corrected chi connectivity index (χ4v) is 4.05. The highest BCUT2D eigenvalue weighted by atomic mass is 32.2. The van der Waals surface area contributed by atoms with Crippen LogP contribution in [0.2, 0.25) is 0 Å². The predicted molar refractivity (Wildman–Crippen MR) is 60.5 cm³/mol. The molecular formula is C9H15NO3S2. The molecule has 86 valence electrons. The van der Waals surface area contributed by atoms with Crippen molar-refractivity contribution >= 4 is 21.4 Å². The maximum absolute atomic E-state index is 12.0. The minimum atomic E-state index is -3.44. The van der Waals surface area contributed by atoms with Crippen molar-refractivity contribution in [1.82, 2.24) is 4.31 Å². The van der Waals surface area contributed by atoms with Gasteiger partial charge in [-0.2, -0.15) is 0 Å². The first-order valence-electron chi connectivity index (χ1n) is 4.59. The summed E-state index contributed by atoms with van der Waals surface area (Å²) in [6.45, 7) is 3.71. The van der Waals surface area contributed by atoms with Gasteiger partial charge in [0.1, 0.15) is 4.90 Å². The molecule has 4 nitrogen and oxygen atoms in total. The van der Waals surface area contributed by atoms with Gasteiger partial charge in [-0.05, 0) is 17.9 Å². The average molecular weight is 249 g/mol. The van der Waals surface area contributed by atoms with Gasteiger partial charge in [0.15, 0.2) is 0 Å². The molecule has 0 bridgehead atoms. The van der Waals surface area contributed by atoms with E-state index in [2.05, 4.69) is 0 Å². The van der Waals surface area contributed by atoms with Gasteiger partial charge in [-0.1, -0.05) is 6.92 Å². The van der Waals surface area contributed by atoms with Gasteiger partial charge < -0.3 is 5.11 Å². The molecule has 15 heavy (non-hydrogen) atoms. The smallest absolute Gasteiger partial charge is 0.244 e. The highest BCUT2D eigenvalue weighted by Crippen LogP contribution is 2.28. The molecule has 0 aromatic carbocycles. The molecule has 1 aromatic heterocycles. The molecular weight excluding hydrogens is 234 g/mol. The van der Waals surface area contributed by atoms with Crippen LogP contribution in [0.1, 0.15) is 17.4 Å². The summed E-state index contributed by atoms with van der Waals surface area (Å²) in [5.41, 5.74) is 0.698. The summed E-state index contributed by atoms with van der Waals surface area (Å²) in [4.78, 5) is 0.771. The third-order valence-corrected chi connectivity index (χ3v) is 5.63. The normalized spacial score (nSPS) is 12.3. The van der Waals surface area contributed by atoms with Crippen LogP contribution in [0.5, 0.6) is 0 Å². The van der Waals surface area contributed by atoms with Gasteiger partial charge in [-0.3, -0.25) is 0 Å². The molecule has 0 saturated carbocycles. The Bertz CT molecular complexity index is 436. The molecule has 0 fully saturated rings. The molecule has 1 rings (SSSR count). The van der Waals surface area contributed by atoms with E-state index in [-0.39, 0.29) is 11.5 Å². The lowest BCUT2D eigenvalue weighted by atomic mass is 10.3. The van der Waals surface area contributed by atoms with Crippen LogP contribution in [-0.4, -0.2) is 31.4 Å². The first-order chi connectivity index (χ1) is 6.95. The number of aliphatic hydroxyl groups excluding tert-OH is 1. The molecule has 1 N–H and O–H groups in total. The van der Waals surface area contributed by atoms with Gasteiger partial charge in [0, 0.05) is 13.6 Å². The first-order valence-corrected chi connectivity index (χ1v) is 6.91. The first kappa shape index (κ1) is 12.6. The lowest BCUT2D eigenvalue weighted by Gasteiger charge is -2.15. The second kappa shape index (κ2) is 4.61. The van der Waals surface area contributed by atoms with E-state index in [0.717, 1.165) is 0 Å². The second-order valence-electron chi connectivity index (χ2n) is 3.25. The Balaban J connectivity index is 3.32. The molecule has 0 saturated heterocycles. The van der Waals surface area contributed by atoms with Gasteiger partial charge >= 0.3 is 0 Å². The van der Waals surface area contributed by atoms with Crippen LogP contribution in [0.15, 0.2) is 10.3 Å². The van der Waals surface area contributed by atoms with E-state index in [9.17, 15) is 8.42 Å². The molecule has 0 atom stereocenters. The summed E-state index contributed by atoms with van der Waals surface area (Å²) < 4.78 is 25.4. The number of hydrogen-bond donors (Lipinski definition) is 1. The molecule has 0 spiro atoms. The van der Waals surface area contributed by atoms with Gasteiger partial charge in [0.25, 0.3) is 0 Å². The summed E-state index contributed by atoms with van der Waals surface area (Å²) in [6, 6.07) is 0. The minimum Gasteiger partial charge on any atom is -0.391 e. The molecule has 0 aliphatic carbocycles. The minimum absolute atomic E-state index is 0.232. The number of rotatable bonds is 4. The maximum Gasteiger partial charge on any atom is 0.244 e. The maximum atomic E-state index is 12.0. The van der Waals surface area contributed by atoms with E-state index >= 15 is 0 Å². The second-order valence-corrected chi connectivity index (χ2v) is 6.19. The number of hydrogen-bond acceptors (Lipinski definition) is 4. The molecule has 0 unspecified atom stereocenters. The number of thiophene rings is 1. The SMILES string of the molecule is CCN(C)S(=O)(=O)c1c(C)csc1CO. The standard InChI is InChI=1S/C9H15NO3S2/c1-4-10(3)15(12,13)9-7(2)6-14-8(9)5-11/h6,11H,4-5H2,1-3H3. The van der Waals surface area contributed by atoms with E-state index < -0.39 is 10.0 Å². The van der Waals surface area contributed by atoms with Gasteiger partial charge in [-0.15, -0.1) is 11.3 Å². The fraction of sp³-hybridized carbons (Fsp3) is 0.556. The monoisotopic (exact) mass is 249 g/mol. The Morgan fingerprint density at radius 2 is 2.13 bits per heavy atom. The topological polar surface area (TPSA) is 57.6 Å². The number of sulfonamides is 1. The fourth-order valence-electron chi connectivity index (χ4n) is 1.27. The van der Waals surface area contributed by atoms with Gasteiger partial charge in [-0.25, -0.2) is 12.7 Å². The zero-order valence-electron chi connectivity index (χ0n) is 9.02. The lowest BCUT2D eigenvalue weighted by molar-refractivity contribution is 0.282. The zero-order chi connectivity index (χ0) is 11.6.